The summed E-state index contributed by atoms with van der Waals surface area (Å²) in [7, 11) is 0. The molecule has 0 N–H and O–H groups in total. The first-order valence-electron chi connectivity index (χ1n) is 10.1. The average molecular weight is 413 g/mol. The Morgan fingerprint density at radius 2 is 1.67 bits per heavy atom. The second-order valence-electron chi connectivity index (χ2n) is 7.55. The van der Waals surface area contributed by atoms with Crippen LogP contribution in [-0.2, 0) is 19.5 Å². The average Bonchev–Trinajstić information content (AvgIpc) is 2.80. The van der Waals surface area contributed by atoms with Gasteiger partial charge in [-0.25, -0.2) is 9.97 Å². The monoisotopic (exact) mass is 412 g/mol. The number of halogens is 1. The van der Waals surface area contributed by atoms with Crippen LogP contribution < -0.4 is 0 Å². The lowest BCUT2D eigenvalue weighted by atomic mass is 10.1. The van der Waals surface area contributed by atoms with E-state index >= 15 is 0 Å². The summed E-state index contributed by atoms with van der Waals surface area (Å²) < 4.78 is 0. The lowest BCUT2D eigenvalue weighted by Crippen LogP contribution is -2.31. The van der Waals surface area contributed by atoms with Crippen LogP contribution in [0, 0.1) is 0 Å². The van der Waals surface area contributed by atoms with Crippen molar-refractivity contribution in [3.05, 3.63) is 101 Å². The molecule has 0 saturated heterocycles. The molecule has 148 valence electrons. The zero-order chi connectivity index (χ0) is 20.3. The molecule has 1 aliphatic rings. The third kappa shape index (κ3) is 4.11. The molecule has 3 heterocycles. The van der Waals surface area contributed by atoms with Crippen molar-refractivity contribution in [2.75, 3.05) is 6.54 Å². The van der Waals surface area contributed by atoms with Gasteiger partial charge in [0, 0.05) is 60.2 Å². The Morgan fingerprint density at radius 3 is 2.43 bits per heavy atom. The highest BCUT2D eigenvalue weighted by atomic mass is 35.5. The van der Waals surface area contributed by atoms with Gasteiger partial charge in [-0.3, -0.25) is 9.88 Å². The second kappa shape index (κ2) is 8.34. The molecule has 0 aliphatic carbocycles. The maximum absolute atomic E-state index is 5.99. The van der Waals surface area contributed by atoms with E-state index in [0.29, 0.717) is 0 Å². The first-order chi connectivity index (χ1) is 14.7. The van der Waals surface area contributed by atoms with Gasteiger partial charge in [-0.2, -0.15) is 0 Å². The van der Waals surface area contributed by atoms with E-state index < -0.39 is 0 Å². The van der Waals surface area contributed by atoms with Gasteiger partial charge >= 0.3 is 0 Å². The zero-order valence-corrected chi connectivity index (χ0v) is 17.3. The summed E-state index contributed by atoms with van der Waals surface area (Å²) in [4.78, 5) is 16.5. The molecule has 30 heavy (non-hydrogen) atoms. The van der Waals surface area contributed by atoms with Gasteiger partial charge < -0.3 is 0 Å². The van der Waals surface area contributed by atoms with E-state index in [4.69, 9.17) is 16.6 Å². The van der Waals surface area contributed by atoms with Crippen molar-refractivity contribution in [1.29, 1.82) is 0 Å². The Kier molecular flexibility index (Phi) is 5.26. The maximum Gasteiger partial charge on any atom is 0.159 e. The fourth-order valence-electron chi connectivity index (χ4n) is 3.80. The highest BCUT2D eigenvalue weighted by molar-refractivity contribution is 6.30. The van der Waals surface area contributed by atoms with Crippen molar-refractivity contribution < 1.29 is 0 Å². The van der Waals surface area contributed by atoms with Crippen molar-refractivity contribution in [1.82, 2.24) is 19.9 Å². The molecule has 0 atom stereocenters. The number of hydrogen-bond donors (Lipinski definition) is 0. The molecule has 0 unspecified atom stereocenters. The predicted octanol–water partition coefficient (Wildman–Crippen LogP) is 5.42. The molecule has 0 amide bonds. The quantitative estimate of drug-likeness (QED) is 0.449. The summed E-state index contributed by atoms with van der Waals surface area (Å²) in [5.74, 6) is 0.763. The van der Waals surface area contributed by atoms with E-state index in [9.17, 15) is 0 Å². The fraction of sp³-hybridized carbons (Fsp3) is 0.160. The number of nitrogens with zero attached hydrogens (tertiary/aromatic N) is 4. The molecular formula is C25H21ClN4. The number of rotatable bonds is 4. The molecule has 4 nitrogen and oxygen atoms in total. The van der Waals surface area contributed by atoms with Gasteiger partial charge in [-0.1, -0.05) is 48.0 Å². The van der Waals surface area contributed by atoms with E-state index in [-0.39, 0.29) is 0 Å². The van der Waals surface area contributed by atoms with Crippen LogP contribution in [0.25, 0.3) is 22.6 Å². The van der Waals surface area contributed by atoms with E-state index in [2.05, 4.69) is 39.1 Å². The summed E-state index contributed by atoms with van der Waals surface area (Å²) in [6, 6.07) is 22.2. The highest BCUT2D eigenvalue weighted by Gasteiger charge is 2.19. The van der Waals surface area contributed by atoms with E-state index in [1.807, 2.05) is 54.9 Å². The van der Waals surface area contributed by atoms with Crippen molar-refractivity contribution in [2.45, 2.75) is 19.5 Å². The molecule has 0 spiro atoms. The minimum atomic E-state index is 0.721. The second-order valence-corrected chi connectivity index (χ2v) is 7.99. The van der Waals surface area contributed by atoms with Crippen molar-refractivity contribution in [3.8, 4) is 22.6 Å². The molecule has 5 heteroatoms. The number of benzene rings is 2. The van der Waals surface area contributed by atoms with E-state index in [1.165, 1.54) is 11.1 Å². The Balaban J connectivity index is 1.27. The normalized spacial score (nSPS) is 13.8. The molecule has 4 aromatic rings. The molecule has 0 radical (unpaired) electrons. The third-order valence-electron chi connectivity index (χ3n) is 5.42. The highest BCUT2D eigenvalue weighted by Crippen LogP contribution is 2.23. The lowest BCUT2D eigenvalue weighted by Gasteiger charge is -2.28. The zero-order valence-electron chi connectivity index (χ0n) is 16.5. The topological polar surface area (TPSA) is 41.9 Å². The van der Waals surface area contributed by atoms with Crippen LogP contribution in [0.3, 0.4) is 0 Å². The fourth-order valence-corrected chi connectivity index (χ4v) is 3.93. The Bertz CT molecular complexity index is 1140. The van der Waals surface area contributed by atoms with Gasteiger partial charge in [-0.05, 0) is 35.9 Å². The van der Waals surface area contributed by atoms with Gasteiger partial charge in [0.25, 0.3) is 0 Å². The van der Waals surface area contributed by atoms with Crippen LogP contribution in [-0.4, -0.2) is 26.4 Å². The predicted molar refractivity (Wildman–Crippen MR) is 120 cm³/mol. The first kappa shape index (κ1) is 18.9. The maximum atomic E-state index is 5.99. The van der Waals surface area contributed by atoms with Gasteiger partial charge in [0.15, 0.2) is 5.82 Å². The minimum Gasteiger partial charge on any atom is -0.294 e. The van der Waals surface area contributed by atoms with Crippen molar-refractivity contribution >= 4 is 11.6 Å². The summed E-state index contributed by atoms with van der Waals surface area (Å²) in [5.41, 5.74) is 6.71. The van der Waals surface area contributed by atoms with E-state index in [0.717, 1.165) is 59.4 Å². The van der Waals surface area contributed by atoms with Crippen molar-refractivity contribution in [2.24, 2.45) is 0 Å². The van der Waals surface area contributed by atoms with Gasteiger partial charge in [-0.15, -0.1) is 0 Å². The summed E-state index contributed by atoms with van der Waals surface area (Å²) in [6.45, 7) is 2.71. The number of pyridine rings is 1. The molecule has 5 rings (SSSR count). The SMILES string of the molecule is Clc1ccc(-c2ncc3c(n2)CCN(Cc2ccc(-c4ccccc4)nc2)C3)cc1. The minimum absolute atomic E-state index is 0.721. The Labute approximate surface area is 181 Å². The third-order valence-corrected chi connectivity index (χ3v) is 5.67. The van der Waals surface area contributed by atoms with Crippen LogP contribution in [0.2, 0.25) is 5.02 Å². The summed E-state index contributed by atoms with van der Waals surface area (Å²) in [5, 5.41) is 0.721. The standard InChI is InChI=1S/C25H21ClN4/c26-22-9-7-20(8-10-22)25-28-15-21-17-30(13-12-24(21)29-25)16-18-6-11-23(27-14-18)19-4-2-1-3-5-19/h1-11,14-15H,12-13,16-17H2. The van der Waals surface area contributed by atoms with Crippen LogP contribution in [0.15, 0.2) is 79.1 Å². The summed E-state index contributed by atoms with van der Waals surface area (Å²) in [6.07, 6.45) is 4.88. The molecule has 0 saturated carbocycles. The largest absolute Gasteiger partial charge is 0.294 e. The van der Waals surface area contributed by atoms with Crippen LogP contribution in [0.1, 0.15) is 16.8 Å². The van der Waals surface area contributed by atoms with Crippen LogP contribution >= 0.6 is 11.6 Å². The van der Waals surface area contributed by atoms with Crippen LogP contribution in [0.4, 0.5) is 0 Å². The van der Waals surface area contributed by atoms with Gasteiger partial charge in [0.1, 0.15) is 0 Å². The molecule has 0 bridgehead atoms. The van der Waals surface area contributed by atoms with Crippen LogP contribution in [0.5, 0.6) is 0 Å². The molecular weight excluding hydrogens is 392 g/mol. The smallest absolute Gasteiger partial charge is 0.159 e. The van der Waals surface area contributed by atoms with E-state index in [1.54, 1.807) is 0 Å². The number of fused-ring (bicyclic) bond motifs is 1. The first-order valence-corrected chi connectivity index (χ1v) is 10.5. The van der Waals surface area contributed by atoms with Gasteiger partial charge in [0.2, 0.25) is 0 Å². The molecule has 2 aromatic heterocycles. The lowest BCUT2D eigenvalue weighted by molar-refractivity contribution is 0.242. The molecule has 2 aromatic carbocycles. The van der Waals surface area contributed by atoms with Crippen molar-refractivity contribution in [3.63, 3.8) is 0 Å². The number of hydrogen-bond acceptors (Lipinski definition) is 4. The number of aromatic nitrogens is 3. The Hall–Kier alpha value is -3.08. The molecule has 1 aliphatic heterocycles. The Morgan fingerprint density at radius 1 is 0.833 bits per heavy atom. The molecule has 0 fully saturated rings. The van der Waals surface area contributed by atoms with Gasteiger partial charge in [0.05, 0.1) is 11.4 Å². The summed E-state index contributed by atoms with van der Waals surface area (Å²) >= 11 is 5.99.